The molecule has 4 nitrogen and oxygen atoms in total. The molecule has 0 aliphatic carbocycles. The zero-order valence-corrected chi connectivity index (χ0v) is 8.54. The summed E-state index contributed by atoms with van der Waals surface area (Å²) in [6.07, 6.45) is 0. The van der Waals surface area contributed by atoms with Crippen LogP contribution in [0.25, 0.3) is 11.3 Å². The molecular weight excluding hydrogens is 214 g/mol. The molecule has 0 bridgehead atoms. The molecule has 4 N–H and O–H groups in total. The summed E-state index contributed by atoms with van der Waals surface area (Å²) in [7, 11) is 0. The van der Waals surface area contributed by atoms with Gasteiger partial charge in [0.15, 0.2) is 5.82 Å². The Hall–Kier alpha value is -2.11. The topological polar surface area (TPSA) is 69.9 Å². The molecule has 1 heterocycles. The number of aryl methyl sites for hydroxylation is 1. The monoisotopic (exact) mass is 224 g/mol. The summed E-state index contributed by atoms with van der Waals surface area (Å²) >= 11 is 0. The third kappa shape index (κ3) is 1.58. The first-order valence-electron chi connectivity index (χ1n) is 4.55. The van der Waals surface area contributed by atoms with Gasteiger partial charge in [0.1, 0.15) is 23.2 Å². The van der Waals surface area contributed by atoms with Crippen molar-refractivity contribution in [2.45, 2.75) is 6.92 Å². The number of nitrogens with zero attached hydrogens (tertiary/aromatic N) is 2. The van der Waals surface area contributed by atoms with E-state index >= 15 is 0 Å². The second kappa shape index (κ2) is 3.48. The van der Waals surface area contributed by atoms with Gasteiger partial charge in [-0.2, -0.15) is 0 Å². The lowest BCUT2D eigenvalue weighted by Crippen LogP contribution is -2.13. The van der Waals surface area contributed by atoms with Crippen LogP contribution >= 0.6 is 0 Å². The van der Waals surface area contributed by atoms with Crippen LogP contribution in [0.4, 0.5) is 14.6 Å². The summed E-state index contributed by atoms with van der Waals surface area (Å²) in [5, 5.41) is 0. The SMILES string of the molecule is Cc1nc(-c2cc(F)cc(F)c2)c(N)n1N. The lowest BCUT2D eigenvalue weighted by atomic mass is 10.1. The molecule has 1 aromatic heterocycles. The molecule has 2 aromatic rings. The van der Waals surface area contributed by atoms with E-state index in [9.17, 15) is 8.78 Å². The number of hydrogen-bond donors (Lipinski definition) is 2. The molecule has 0 aliphatic rings. The number of halogens is 2. The van der Waals surface area contributed by atoms with Crippen molar-refractivity contribution in [3.63, 3.8) is 0 Å². The normalized spacial score (nSPS) is 10.7. The molecule has 0 unspecified atom stereocenters. The summed E-state index contributed by atoms with van der Waals surface area (Å²) in [4.78, 5) is 4.04. The predicted molar refractivity (Wildman–Crippen MR) is 56.9 cm³/mol. The van der Waals surface area contributed by atoms with Gasteiger partial charge in [-0.15, -0.1) is 0 Å². The molecule has 0 amide bonds. The average Bonchev–Trinajstić information content (AvgIpc) is 2.44. The van der Waals surface area contributed by atoms with Crippen molar-refractivity contribution in [3.8, 4) is 11.3 Å². The number of hydrogen-bond acceptors (Lipinski definition) is 3. The maximum atomic E-state index is 13.0. The zero-order chi connectivity index (χ0) is 11.9. The summed E-state index contributed by atoms with van der Waals surface area (Å²) in [6, 6.07) is 3.09. The molecular formula is C10H10F2N4. The van der Waals surface area contributed by atoms with Crippen LogP contribution in [0, 0.1) is 18.6 Å². The van der Waals surface area contributed by atoms with Gasteiger partial charge in [-0.3, -0.25) is 0 Å². The maximum absolute atomic E-state index is 13.0. The van der Waals surface area contributed by atoms with E-state index in [4.69, 9.17) is 11.6 Å². The molecule has 2 rings (SSSR count). The van der Waals surface area contributed by atoms with E-state index in [2.05, 4.69) is 4.98 Å². The first kappa shape index (κ1) is 10.4. The second-order valence-corrected chi connectivity index (χ2v) is 3.42. The lowest BCUT2D eigenvalue weighted by Gasteiger charge is -2.01. The van der Waals surface area contributed by atoms with Gasteiger partial charge in [-0.25, -0.2) is 18.4 Å². The van der Waals surface area contributed by atoms with Crippen molar-refractivity contribution in [1.29, 1.82) is 0 Å². The highest BCUT2D eigenvalue weighted by molar-refractivity contribution is 5.71. The molecule has 0 saturated carbocycles. The largest absolute Gasteiger partial charge is 0.382 e. The van der Waals surface area contributed by atoms with Crippen LogP contribution in [-0.2, 0) is 0 Å². The molecule has 6 heteroatoms. The second-order valence-electron chi connectivity index (χ2n) is 3.42. The molecule has 1 aromatic carbocycles. The first-order valence-corrected chi connectivity index (χ1v) is 4.55. The van der Waals surface area contributed by atoms with E-state index in [-0.39, 0.29) is 17.1 Å². The summed E-state index contributed by atoms with van der Waals surface area (Å²) < 4.78 is 27.2. The number of benzene rings is 1. The van der Waals surface area contributed by atoms with Crippen LogP contribution in [0.2, 0.25) is 0 Å². The minimum absolute atomic E-state index is 0.169. The van der Waals surface area contributed by atoms with Crippen LogP contribution in [0.3, 0.4) is 0 Å². The van der Waals surface area contributed by atoms with E-state index in [1.54, 1.807) is 6.92 Å². The van der Waals surface area contributed by atoms with Crippen LogP contribution < -0.4 is 11.6 Å². The van der Waals surface area contributed by atoms with Crippen molar-refractivity contribution in [1.82, 2.24) is 9.66 Å². The molecule has 0 aliphatic heterocycles. The molecule has 0 atom stereocenters. The molecule has 16 heavy (non-hydrogen) atoms. The van der Waals surface area contributed by atoms with E-state index in [1.165, 1.54) is 0 Å². The van der Waals surface area contributed by atoms with Gasteiger partial charge in [-0.1, -0.05) is 0 Å². The van der Waals surface area contributed by atoms with Crippen LogP contribution in [0.5, 0.6) is 0 Å². The summed E-state index contributed by atoms with van der Waals surface area (Å²) in [5.74, 6) is 4.83. The quantitative estimate of drug-likeness (QED) is 0.720. The Morgan fingerprint density at radius 3 is 2.19 bits per heavy atom. The number of nitrogen functional groups attached to an aromatic ring is 2. The van der Waals surface area contributed by atoms with E-state index in [0.29, 0.717) is 5.82 Å². The van der Waals surface area contributed by atoms with Gasteiger partial charge in [0.25, 0.3) is 0 Å². The third-order valence-electron chi connectivity index (χ3n) is 2.26. The average molecular weight is 224 g/mol. The van der Waals surface area contributed by atoms with Gasteiger partial charge in [0.2, 0.25) is 0 Å². The highest BCUT2D eigenvalue weighted by Crippen LogP contribution is 2.26. The number of imidazole rings is 1. The Balaban J connectivity index is 2.62. The van der Waals surface area contributed by atoms with Crippen molar-refractivity contribution in [2.75, 3.05) is 11.6 Å². The highest BCUT2D eigenvalue weighted by Gasteiger charge is 2.13. The Labute approximate surface area is 90.5 Å². The predicted octanol–water partition coefficient (Wildman–Crippen LogP) is 1.43. The summed E-state index contributed by atoms with van der Waals surface area (Å²) in [5.41, 5.74) is 6.21. The van der Waals surface area contributed by atoms with E-state index < -0.39 is 11.6 Å². The molecule has 0 fully saturated rings. The fraction of sp³-hybridized carbons (Fsp3) is 0.100. The van der Waals surface area contributed by atoms with E-state index in [0.717, 1.165) is 22.9 Å². The highest BCUT2D eigenvalue weighted by atomic mass is 19.1. The molecule has 84 valence electrons. The van der Waals surface area contributed by atoms with Crippen molar-refractivity contribution in [3.05, 3.63) is 35.7 Å². The fourth-order valence-corrected chi connectivity index (χ4v) is 1.46. The van der Waals surface area contributed by atoms with Crippen LogP contribution in [0.1, 0.15) is 5.82 Å². The minimum Gasteiger partial charge on any atom is -0.382 e. The number of anilines is 1. The Kier molecular flexibility index (Phi) is 2.26. The van der Waals surface area contributed by atoms with Crippen molar-refractivity contribution >= 4 is 5.82 Å². The Morgan fingerprint density at radius 1 is 1.19 bits per heavy atom. The summed E-state index contributed by atoms with van der Waals surface area (Å²) in [6.45, 7) is 1.65. The molecule has 0 saturated heterocycles. The van der Waals surface area contributed by atoms with Crippen molar-refractivity contribution < 1.29 is 8.78 Å². The fourth-order valence-electron chi connectivity index (χ4n) is 1.46. The van der Waals surface area contributed by atoms with E-state index in [1.807, 2.05) is 0 Å². The van der Waals surface area contributed by atoms with Gasteiger partial charge in [-0.05, 0) is 19.1 Å². The number of aromatic nitrogens is 2. The van der Waals surface area contributed by atoms with Gasteiger partial charge < -0.3 is 11.6 Å². The van der Waals surface area contributed by atoms with Crippen LogP contribution in [0.15, 0.2) is 18.2 Å². The zero-order valence-electron chi connectivity index (χ0n) is 8.54. The first-order chi connectivity index (χ1) is 7.49. The van der Waals surface area contributed by atoms with Crippen LogP contribution in [-0.4, -0.2) is 9.66 Å². The third-order valence-corrected chi connectivity index (χ3v) is 2.26. The van der Waals surface area contributed by atoms with Gasteiger partial charge in [0, 0.05) is 11.6 Å². The number of nitrogens with two attached hydrogens (primary N) is 2. The smallest absolute Gasteiger partial charge is 0.150 e. The standard InChI is InChI=1S/C10H10F2N4/c1-5-15-9(10(13)16(5)14)6-2-7(11)4-8(12)3-6/h2-4H,13-14H2,1H3. The molecule has 0 radical (unpaired) electrons. The molecule has 0 spiro atoms. The minimum atomic E-state index is -0.682. The lowest BCUT2D eigenvalue weighted by molar-refractivity contribution is 0.584. The maximum Gasteiger partial charge on any atom is 0.150 e. The Morgan fingerprint density at radius 2 is 1.75 bits per heavy atom. The van der Waals surface area contributed by atoms with Gasteiger partial charge >= 0.3 is 0 Å². The number of rotatable bonds is 1. The Bertz CT molecular complexity index is 528. The van der Waals surface area contributed by atoms with Crippen molar-refractivity contribution in [2.24, 2.45) is 0 Å². The van der Waals surface area contributed by atoms with Gasteiger partial charge in [0.05, 0.1) is 0 Å².